The Labute approximate surface area is 129 Å². The molecule has 122 valence electrons. The molecule has 0 amide bonds. The lowest BCUT2D eigenvalue weighted by atomic mass is 9.92. The molecule has 1 aliphatic rings. The summed E-state index contributed by atoms with van der Waals surface area (Å²) in [5.41, 5.74) is 9.39. The Bertz CT molecular complexity index is 770. The van der Waals surface area contributed by atoms with Crippen molar-refractivity contribution in [3.63, 3.8) is 0 Å². The molecule has 9 heteroatoms. The summed E-state index contributed by atoms with van der Waals surface area (Å²) in [7, 11) is 0. The van der Waals surface area contributed by atoms with Gasteiger partial charge in [-0.15, -0.1) is 0 Å². The van der Waals surface area contributed by atoms with Crippen molar-refractivity contribution in [1.82, 2.24) is 4.98 Å². The van der Waals surface area contributed by atoms with Crippen molar-refractivity contribution in [1.29, 1.82) is 0 Å². The Morgan fingerprint density at radius 3 is 2.52 bits per heavy atom. The van der Waals surface area contributed by atoms with Gasteiger partial charge in [0.2, 0.25) is 0 Å². The van der Waals surface area contributed by atoms with Crippen LogP contribution in [0.15, 0.2) is 18.2 Å². The monoisotopic (exact) mass is 321 g/mol. The van der Waals surface area contributed by atoms with Gasteiger partial charge in [-0.1, -0.05) is 0 Å². The molecule has 1 aromatic heterocycles. The van der Waals surface area contributed by atoms with Crippen molar-refractivity contribution in [2.75, 3.05) is 0 Å². The maximum atomic E-state index is 10.8. The molecule has 5 N–H and O–H groups in total. The van der Waals surface area contributed by atoms with Gasteiger partial charge in [-0.25, -0.2) is 9.59 Å². The number of rotatable bonds is 1. The topological polar surface area (TPSA) is 160 Å². The molecule has 0 saturated heterocycles. The molecule has 1 aromatic carbocycles. The summed E-state index contributed by atoms with van der Waals surface area (Å²) in [5, 5.41) is 26.5. The van der Waals surface area contributed by atoms with Gasteiger partial charge in [-0.05, 0) is 30.9 Å². The van der Waals surface area contributed by atoms with Gasteiger partial charge in [-0.3, -0.25) is 10.1 Å². The number of fused-ring (bicyclic) bond motifs is 3. The first-order valence-electron chi connectivity index (χ1n) is 6.79. The number of nitrogens with two attached hydrogens (primary N) is 1. The maximum absolute atomic E-state index is 10.8. The van der Waals surface area contributed by atoms with E-state index in [0.29, 0.717) is 0 Å². The van der Waals surface area contributed by atoms with Crippen molar-refractivity contribution >= 4 is 28.5 Å². The number of nitro benzene ring substituents is 1. The minimum absolute atomic E-state index is 0.137. The standard InChI is InChI=1S/C12H13N3O2.C2H2O4/c13-7-1-3-11-9(5-7)10-6-8(15(16)17)2-4-12(10)14-11;3-1(4)2(5)6/h2,4,6-7,14H,1,3,5,13H2;(H,3,4)(H,5,6). The zero-order valence-corrected chi connectivity index (χ0v) is 12.0. The van der Waals surface area contributed by atoms with Crippen LogP contribution in [0.2, 0.25) is 0 Å². The number of non-ortho nitro benzene ring substituents is 1. The predicted molar refractivity (Wildman–Crippen MR) is 80.2 cm³/mol. The number of carboxylic acid groups (broad SMARTS) is 2. The second-order valence-corrected chi connectivity index (χ2v) is 5.18. The van der Waals surface area contributed by atoms with Crippen molar-refractivity contribution in [2.24, 2.45) is 5.73 Å². The first-order valence-corrected chi connectivity index (χ1v) is 6.79. The molecule has 3 rings (SSSR count). The fourth-order valence-electron chi connectivity index (χ4n) is 2.55. The zero-order chi connectivity index (χ0) is 17.1. The lowest BCUT2D eigenvalue weighted by molar-refractivity contribution is -0.384. The largest absolute Gasteiger partial charge is 0.473 e. The van der Waals surface area contributed by atoms with Gasteiger partial charge in [0, 0.05) is 34.8 Å². The smallest absolute Gasteiger partial charge is 0.414 e. The summed E-state index contributed by atoms with van der Waals surface area (Å²) in [4.78, 5) is 31.9. The molecule has 0 saturated carbocycles. The quantitative estimate of drug-likeness (QED) is 0.347. The van der Waals surface area contributed by atoms with Crippen LogP contribution >= 0.6 is 0 Å². The normalized spacial score (nSPS) is 16.1. The average Bonchev–Trinajstić information content (AvgIpc) is 2.84. The van der Waals surface area contributed by atoms with E-state index in [4.69, 9.17) is 25.5 Å². The number of benzene rings is 1. The van der Waals surface area contributed by atoms with Gasteiger partial charge < -0.3 is 20.9 Å². The van der Waals surface area contributed by atoms with Gasteiger partial charge in [0.25, 0.3) is 5.69 Å². The average molecular weight is 321 g/mol. The SMILES string of the molecule is NC1CCc2[nH]c3ccc([N+](=O)[O-])cc3c2C1.O=C(O)C(=O)O. The van der Waals surface area contributed by atoms with Gasteiger partial charge in [0.05, 0.1) is 4.92 Å². The summed E-state index contributed by atoms with van der Waals surface area (Å²) >= 11 is 0. The minimum atomic E-state index is -1.82. The number of carboxylic acids is 2. The van der Waals surface area contributed by atoms with E-state index in [2.05, 4.69) is 4.98 Å². The fourth-order valence-corrected chi connectivity index (χ4v) is 2.55. The van der Waals surface area contributed by atoms with E-state index in [1.165, 1.54) is 11.8 Å². The van der Waals surface area contributed by atoms with E-state index in [0.717, 1.165) is 35.7 Å². The number of hydrogen-bond acceptors (Lipinski definition) is 5. The van der Waals surface area contributed by atoms with Crippen molar-refractivity contribution in [3.05, 3.63) is 39.6 Å². The molecule has 2 aromatic rings. The van der Waals surface area contributed by atoms with Crippen molar-refractivity contribution in [2.45, 2.75) is 25.3 Å². The molecule has 23 heavy (non-hydrogen) atoms. The molecule has 0 fully saturated rings. The number of aliphatic carboxylic acids is 2. The highest BCUT2D eigenvalue weighted by Crippen LogP contribution is 2.30. The van der Waals surface area contributed by atoms with Crippen LogP contribution in [0, 0.1) is 10.1 Å². The van der Waals surface area contributed by atoms with Crippen LogP contribution in [0.5, 0.6) is 0 Å². The zero-order valence-electron chi connectivity index (χ0n) is 12.0. The molecule has 0 bridgehead atoms. The molecule has 1 aliphatic carbocycles. The third-order valence-corrected chi connectivity index (χ3v) is 3.60. The summed E-state index contributed by atoms with van der Waals surface area (Å²) in [5.74, 6) is -3.65. The summed E-state index contributed by atoms with van der Waals surface area (Å²) in [6.07, 6.45) is 2.71. The highest BCUT2D eigenvalue weighted by molar-refractivity contribution is 6.27. The van der Waals surface area contributed by atoms with Gasteiger partial charge in [-0.2, -0.15) is 0 Å². The fraction of sp³-hybridized carbons (Fsp3) is 0.286. The number of hydrogen-bond donors (Lipinski definition) is 4. The third-order valence-electron chi connectivity index (χ3n) is 3.60. The van der Waals surface area contributed by atoms with E-state index in [1.54, 1.807) is 12.1 Å². The van der Waals surface area contributed by atoms with E-state index in [9.17, 15) is 10.1 Å². The van der Waals surface area contributed by atoms with E-state index >= 15 is 0 Å². The maximum Gasteiger partial charge on any atom is 0.414 e. The number of H-pyrrole nitrogens is 1. The van der Waals surface area contributed by atoms with Crippen LogP contribution in [0.4, 0.5) is 5.69 Å². The second kappa shape index (κ2) is 6.44. The number of aromatic nitrogens is 1. The first-order chi connectivity index (χ1) is 10.8. The number of nitrogens with zero attached hydrogens (tertiary/aromatic N) is 1. The number of aromatic amines is 1. The van der Waals surface area contributed by atoms with Crippen LogP contribution in [0.3, 0.4) is 0 Å². The Balaban J connectivity index is 0.000000277. The van der Waals surface area contributed by atoms with Gasteiger partial charge >= 0.3 is 11.9 Å². The third kappa shape index (κ3) is 3.64. The van der Waals surface area contributed by atoms with E-state index in [-0.39, 0.29) is 16.7 Å². The van der Waals surface area contributed by atoms with Crippen LogP contribution < -0.4 is 5.73 Å². The molecular formula is C14H15N3O6. The molecular weight excluding hydrogens is 306 g/mol. The number of carbonyl (C=O) groups is 2. The molecule has 0 spiro atoms. The second-order valence-electron chi connectivity index (χ2n) is 5.18. The Hall–Kier alpha value is -2.94. The van der Waals surface area contributed by atoms with Crippen LogP contribution in [-0.4, -0.2) is 38.1 Å². The molecule has 9 nitrogen and oxygen atoms in total. The predicted octanol–water partition coefficient (Wildman–Crippen LogP) is 1.05. The van der Waals surface area contributed by atoms with Gasteiger partial charge in [0.1, 0.15) is 0 Å². The van der Waals surface area contributed by atoms with Crippen LogP contribution in [0.1, 0.15) is 17.7 Å². The Morgan fingerprint density at radius 2 is 1.96 bits per heavy atom. The Morgan fingerprint density at radius 1 is 1.30 bits per heavy atom. The highest BCUT2D eigenvalue weighted by atomic mass is 16.6. The molecule has 0 radical (unpaired) electrons. The first kappa shape index (κ1) is 16.4. The molecule has 1 atom stereocenters. The summed E-state index contributed by atoms with van der Waals surface area (Å²) in [6, 6.07) is 5.12. The number of nitrogens with one attached hydrogen (secondary N) is 1. The van der Waals surface area contributed by atoms with Crippen LogP contribution in [-0.2, 0) is 22.4 Å². The van der Waals surface area contributed by atoms with Crippen molar-refractivity contribution in [3.8, 4) is 0 Å². The minimum Gasteiger partial charge on any atom is -0.473 e. The van der Waals surface area contributed by atoms with E-state index < -0.39 is 11.9 Å². The van der Waals surface area contributed by atoms with E-state index in [1.807, 2.05) is 0 Å². The highest BCUT2D eigenvalue weighted by Gasteiger charge is 2.21. The summed E-state index contributed by atoms with van der Waals surface area (Å²) < 4.78 is 0. The van der Waals surface area contributed by atoms with Gasteiger partial charge in [0.15, 0.2) is 0 Å². The lowest BCUT2D eigenvalue weighted by Crippen LogP contribution is -2.27. The lowest BCUT2D eigenvalue weighted by Gasteiger charge is -2.17. The summed E-state index contributed by atoms with van der Waals surface area (Å²) in [6.45, 7) is 0. The molecule has 1 unspecified atom stereocenters. The molecule has 1 heterocycles. The number of aryl methyl sites for hydroxylation is 1. The molecule has 0 aliphatic heterocycles. The van der Waals surface area contributed by atoms with Crippen LogP contribution in [0.25, 0.3) is 10.9 Å². The number of nitro groups is 1. The van der Waals surface area contributed by atoms with Crippen molar-refractivity contribution < 1.29 is 24.7 Å². The Kier molecular flexibility index (Phi) is 4.60.